The van der Waals surface area contributed by atoms with E-state index in [-0.39, 0.29) is 0 Å². The normalized spacial score (nSPS) is 9.77. The van der Waals surface area contributed by atoms with Crippen molar-refractivity contribution in [3.63, 3.8) is 0 Å². The minimum atomic E-state index is 1.06. The molecule has 1 heteroatoms. The van der Waals surface area contributed by atoms with Gasteiger partial charge in [0.05, 0.1) is 0 Å². The van der Waals surface area contributed by atoms with Gasteiger partial charge in [0.25, 0.3) is 0 Å². The van der Waals surface area contributed by atoms with Crippen LogP contribution in [0.25, 0.3) is 16.7 Å². The maximum absolute atomic E-state index is 3.93. The molecule has 114 valence electrons. The topological polar surface area (TPSA) is 12.0 Å². The molecule has 0 atom stereocenters. The van der Waals surface area contributed by atoms with Crippen molar-refractivity contribution in [1.82, 2.24) is 5.32 Å². The Morgan fingerprint density at radius 2 is 1.41 bits per heavy atom. The van der Waals surface area contributed by atoms with E-state index >= 15 is 0 Å². The summed E-state index contributed by atoms with van der Waals surface area (Å²) in [5.41, 5.74) is 5.88. The standard InChI is InChI=1S/C15H14.C6H11N/c1-12(2)13-8-10-15(11-9-13)14-6-4-3-5-7-14;1-6(2)4-5-7-3/h3-11H,1H2,2H3;4-5,7H,1H2,2-3H3/b;5-4-. The molecule has 0 fully saturated rings. The van der Waals surface area contributed by atoms with Crippen molar-refractivity contribution in [3.05, 3.63) is 91.2 Å². The molecule has 0 amide bonds. The third-order valence-electron chi connectivity index (χ3n) is 3.02. The molecular formula is C21H25N. The van der Waals surface area contributed by atoms with Crippen molar-refractivity contribution in [3.8, 4) is 11.1 Å². The zero-order valence-corrected chi connectivity index (χ0v) is 13.8. The van der Waals surface area contributed by atoms with E-state index in [1.54, 1.807) is 0 Å². The summed E-state index contributed by atoms with van der Waals surface area (Å²) < 4.78 is 0. The lowest BCUT2D eigenvalue weighted by Gasteiger charge is -2.03. The maximum atomic E-state index is 3.93. The third kappa shape index (κ3) is 6.27. The summed E-state index contributed by atoms with van der Waals surface area (Å²) in [5, 5.41) is 2.86. The first-order valence-electron chi connectivity index (χ1n) is 7.35. The summed E-state index contributed by atoms with van der Waals surface area (Å²) in [6.45, 7) is 11.6. The van der Waals surface area contributed by atoms with Crippen LogP contribution in [0, 0.1) is 0 Å². The number of hydrogen-bond acceptors (Lipinski definition) is 1. The van der Waals surface area contributed by atoms with E-state index in [9.17, 15) is 0 Å². The highest BCUT2D eigenvalue weighted by Crippen LogP contribution is 2.21. The van der Waals surface area contributed by atoms with Crippen molar-refractivity contribution < 1.29 is 0 Å². The van der Waals surface area contributed by atoms with Gasteiger partial charge in [-0.25, -0.2) is 0 Å². The van der Waals surface area contributed by atoms with Crippen LogP contribution < -0.4 is 5.32 Å². The minimum Gasteiger partial charge on any atom is -0.394 e. The second-order valence-electron chi connectivity index (χ2n) is 5.19. The van der Waals surface area contributed by atoms with Gasteiger partial charge in [0, 0.05) is 7.05 Å². The molecule has 2 rings (SSSR count). The van der Waals surface area contributed by atoms with E-state index < -0.39 is 0 Å². The molecule has 0 heterocycles. The van der Waals surface area contributed by atoms with Gasteiger partial charge in [0.1, 0.15) is 0 Å². The molecule has 2 aromatic rings. The molecule has 1 nitrogen and oxygen atoms in total. The number of hydrogen-bond donors (Lipinski definition) is 1. The van der Waals surface area contributed by atoms with Crippen LogP contribution in [0.1, 0.15) is 19.4 Å². The average molecular weight is 291 g/mol. The van der Waals surface area contributed by atoms with Gasteiger partial charge >= 0.3 is 0 Å². The van der Waals surface area contributed by atoms with E-state index in [0.29, 0.717) is 0 Å². The molecule has 0 saturated carbocycles. The second kappa shape index (κ2) is 9.41. The molecule has 0 bridgehead atoms. The summed E-state index contributed by atoms with van der Waals surface area (Å²) in [6.07, 6.45) is 3.77. The fourth-order valence-electron chi connectivity index (χ4n) is 1.80. The minimum absolute atomic E-state index is 1.06. The van der Waals surface area contributed by atoms with E-state index in [4.69, 9.17) is 0 Å². The highest BCUT2D eigenvalue weighted by atomic mass is 14.8. The second-order valence-corrected chi connectivity index (χ2v) is 5.19. The van der Waals surface area contributed by atoms with Crippen molar-refractivity contribution in [1.29, 1.82) is 0 Å². The number of benzene rings is 2. The summed E-state index contributed by atoms with van der Waals surface area (Å²) in [7, 11) is 1.86. The van der Waals surface area contributed by atoms with Gasteiger partial charge in [-0.3, -0.25) is 0 Å². The Balaban J connectivity index is 0.000000295. The van der Waals surface area contributed by atoms with E-state index in [1.807, 2.05) is 39.2 Å². The first-order valence-corrected chi connectivity index (χ1v) is 7.35. The Morgan fingerprint density at radius 3 is 1.82 bits per heavy atom. The van der Waals surface area contributed by atoms with Crippen LogP contribution in [0.2, 0.25) is 0 Å². The molecule has 0 aliphatic carbocycles. The van der Waals surface area contributed by atoms with Crippen molar-refractivity contribution in [2.75, 3.05) is 7.05 Å². The summed E-state index contributed by atoms with van der Waals surface area (Å²) in [6, 6.07) is 18.9. The highest BCUT2D eigenvalue weighted by molar-refractivity contribution is 5.68. The van der Waals surface area contributed by atoms with Gasteiger partial charge in [0.2, 0.25) is 0 Å². The molecule has 0 aliphatic heterocycles. The molecule has 22 heavy (non-hydrogen) atoms. The number of nitrogens with one attached hydrogen (secondary N) is 1. The van der Waals surface area contributed by atoms with Crippen LogP contribution in [0.5, 0.6) is 0 Å². The van der Waals surface area contributed by atoms with Crippen molar-refractivity contribution in [2.24, 2.45) is 0 Å². The fourth-order valence-corrected chi connectivity index (χ4v) is 1.80. The van der Waals surface area contributed by atoms with E-state index in [1.165, 1.54) is 16.7 Å². The van der Waals surface area contributed by atoms with E-state index in [2.05, 4.69) is 67.0 Å². The molecule has 0 unspecified atom stereocenters. The summed E-state index contributed by atoms with van der Waals surface area (Å²) >= 11 is 0. The van der Waals surface area contributed by atoms with Gasteiger partial charge in [-0.2, -0.15) is 0 Å². The fraction of sp³-hybridized carbons (Fsp3) is 0.143. The van der Waals surface area contributed by atoms with E-state index in [0.717, 1.165) is 11.1 Å². The molecule has 0 radical (unpaired) electrons. The van der Waals surface area contributed by atoms with Gasteiger partial charge in [-0.15, -0.1) is 0 Å². The Bertz CT molecular complexity index is 619. The van der Waals surface area contributed by atoms with Gasteiger partial charge in [-0.05, 0) is 42.8 Å². The van der Waals surface area contributed by atoms with Crippen LogP contribution in [0.15, 0.2) is 85.6 Å². The predicted octanol–water partition coefficient (Wildman–Crippen LogP) is 5.68. The van der Waals surface area contributed by atoms with Crippen LogP contribution in [-0.4, -0.2) is 7.05 Å². The molecule has 0 spiro atoms. The monoisotopic (exact) mass is 291 g/mol. The van der Waals surface area contributed by atoms with Gasteiger partial charge < -0.3 is 5.32 Å². The Kier molecular flexibility index (Phi) is 7.49. The van der Waals surface area contributed by atoms with Crippen molar-refractivity contribution >= 4 is 5.57 Å². The van der Waals surface area contributed by atoms with Gasteiger partial charge in [-0.1, -0.05) is 78.9 Å². The summed E-state index contributed by atoms with van der Waals surface area (Å²) in [5.74, 6) is 0. The lowest BCUT2D eigenvalue weighted by atomic mass is 10.0. The Labute approximate surface area is 134 Å². The first kappa shape index (κ1) is 17.5. The molecule has 2 aromatic carbocycles. The molecule has 0 aromatic heterocycles. The highest BCUT2D eigenvalue weighted by Gasteiger charge is 1.97. The SMILES string of the molecule is C=C(C)/C=C\NC.C=C(C)c1ccc(-c2ccccc2)cc1. The zero-order chi connectivity index (χ0) is 16.4. The third-order valence-corrected chi connectivity index (χ3v) is 3.02. The molecule has 0 saturated heterocycles. The predicted molar refractivity (Wildman–Crippen MR) is 99.6 cm³/mol. The lowest BCUT2D eigenvalue weighted by Crippen LogP contribution is -1.90. The van der Waals surface area contributed by atoms with Gasteiger partial charge in [0.15, 0.2) is 0 Å². The smallest absolute Gasteiger partial charge is 0.00277 e. The Morgan fingerprint density at radius 1 is 0.864 bits per heavy atom. The quantitative estimate of drug-likeness (QED) is 0.714. The number of rotatable bonds is 4. The molecule has 0 aliphatic rings. The Hall–Kier alpha value is -2.54. The largest absolute Gasteiger partial charge is 0.394 e. The number of allylic oxidation sites excluding steroid dienone is 3. The van der Waals surface area contributed by atoms with Crippen LogP contribution in [0.3, 0.4) is 0 Å². The summed E-state index contributed by atoms with van der Waals surface area (Å²) in [4.78, 5) is 0. The maximum Gasteiger partial charge on any atom is 0.00277 e. The molecular weight excluding hydrogens is 266 g/mol. The molecule has 1 N–H and O–H groups in total. The zero-order valence-electron chi connectivity index (χ0n) is 13.8. The van der Waals surface area contributed by atoms with Crippen LogP contribution in [0.4, 0.5) is 0 Å². The van der Waals surface area contributed by atoms with Crippen LogP contribution >= 0.6 is 0 Å². The first-order chi connectivity index (χ1) is 10.5. The average Bonchev–Trinajstić information content (AvgIpc) is 2.54. The van der Waals surface area contributed by atoms with Crippen molar-refractivity contribution in [2.45, 2.75) is 13.8 Å². The lowest BCUT2D eigenvalue weighted by molar-refractivity contribution is 1.10. The van der Waals surface area contributed by atoms with Crippen LogP contribution in [-0.2, 0) is 0 Å².